The van der Waals surface area contributed by atoms with Crippen molar-refractivity contribution in [3.8, 4) is 5.75 Å². The summed E-state index contributed by atoms with van der Waals surface area (Å²) in [6.45, 7) is 4.07. The van der Waals surface area contributed by atoms with Crippen molar-refractivity contribution in [2.24, 2.45) is 0 Å². The molecule has 3 nitrogen and oxygen atoms in total. The lowest BCUT2D eigenvalue weighted by Crippen LogP contribution is -2.42. The lowest BCUT2D eigenvalue weighted by molar-refractivity contribution is -0.147. The third kappa shape index (κ3) is 1.90. The molecule has 0 heterocycles. The molecular formula is C14H18O3. The molecule has 1 aliphatic carbocycles. The van der Waals surface area contributed by atoms with Gasteiger partial charge in [-0.3, -0.25) is 4.79 Å². The van der Waals surface area contributed by atoms with Gasteiger partial charge in [0.1, 0.15) is 5.75 Å². The van der Waals surface area contributed by atoms with Gasteiger partial charge in [-0.2, -0.15) is 0 Å². The van der Waals surface area contributed by atoms with E-state index in [1.807, 2.05) is 19.9 Å². The number of carboxylic acid groups (broad SMARTS) is 1. The summed E-state index contributed by atoms with van der Waals surface area (Å²) in [4.78, 5) is 11.4. The second-order valence-electron chi connectivity index (χ2n) is 5.21. The average Bonchev–Trinajstić information content (AvgIpc) is 2.13. The highest BCUT2D eigenvalue weighted by Crippen LogP contribution is 2.45. The van der Waals surface area contributed by atoms with Crippen molar-refractivity contribution in [2.45, 2.75) is 44.4 Å². The Hall–Kier alpha value is -1.51. The van der Waals surface area contributed by atoms with Crippen LogP contribution in [0.2, 0.25) is 0 Å². The molecule has 0 spiro atoms. The molecule has 0 amide bonds. The molecule has 2 N–H and O–H groups in total. The first-order valence-corrected chi connectivity index (χ1v) is 6.03. The van der Waals surface area contributed by atoms with Crippen LogP contribution in [0, 0.1) is 0 Å². The number of aromatic hydroxyl groups is 1. The normalized spacial score (nSPS) is 17.8. The van der Waals surface area contributed by atoms with E-state index in [0.717, 1.165) is 17.5 Å². The molecule has 1 aromatic carbocycles. The minimum Gasteiger partial charge on any atom is -0.508 e. The molecule has 0 saturated heterocycles. The van der Waals surface area contributed by atoms with Gasteiger partial charge in [-0.25, -0.2) is 0 Å². The van der Waals surface area contributed by atoms with E-state index < -0.39 is 11.4 Å². The van der Waals surface area contributed by atoms with Gasteiger partial charge in [0.25, 0.3) is 0 Å². The molecule has 1 aliphatic rings. The smallest absolute Gasteiger partial charge is 0.314 e. The number of hydrogen-bond donors (Lipinski definition) is 2. The third-order valence-electron chi connectivity index (χ3n) is 3.78. The molecule has 1 aromatic rings. The molecule has 0 aromatic heterocycles. The first-order valence-electron chi connectivity index (χ1n) is 6.03. The Morgan fingerprint density at radius 1 is 1.29 bits per heavy atom. The number of carboxylic acids is 1. The van der Waals surface area contributed by atoms with Crippen LogP contribution in [0.5, 0.6) is 5.75 Å². The van der Waals surface area contributed by atoms with Crippen molar-refractivity contribution in [3.63, 3.8) is 0 Å². The molecule has 17 heavy (non-hydrogen) atoms. The first-order chi connectivity index (χ1) is 7.95. The Kier molecular flexibility index (Phi) is 2.86. The standard InChI is InChI=1S/C14H18O3/c1-9(2)10-6-11(8-12(15)7-10)14(13(16)17)4-3-5-14/h6-9,15H,3-5H2,1-2H3,(H,16,17). The Balaban J connectivity index is 2.48. The van der Waals surface area contributed by atoms with Crippen molar-refractivity contribution in [3.05, 3.63) is 29.3 Å². The van der Waals surface area contributed by atoms with Crippen LogP contribution in [0.3, 0.4) is 0 Å². The zero-order chi connectivity index (χ0) is 12.6. The maximum Gasteiger partial charge on any atom is 0.314 e. The van der Waals surface area contributed by atoms with Crippen LogP contribution >= 0.6 is 0 Å². The van der Waals surface area contributed by atoms with Gasteiger partial charge in [0, 0.05) is 0 Å². The van der Waals surface area contributed by atoms with Crippen molar-refractivity contribution in [1.82, 2.24) is 0 Å². The molecule has 1 saturated carbocycles. The second-order valence-corrected chi connectivity index (χ2v) is 5.21. The van der Waals surface area contributed by atoms with Gasteiger partial charge in [0.05, 0.1) is 5.41 Å². The largest absolute Gasteiger partial charge is 0.508 e. The summed E-state index contributed by atoms with van der Waals surface area (Å²) < 4.78 is 0. The number of hydrogen-bond acceptors (Lipinski definition) is 2. The summed E-state index contributed by atoms with van der Waals surface area (Å²) in [6, 6.07) is 5.24. The van der Waals surface area contributed by atoms with E-state index in [4.69, 9.17) is 0 Å². The Bertz CT molecular complexity index is 445. The van der Waals surface area contributed by atoms with E-state index in [1.165, 1.54) is 0 Å². The van der Waals surface area contributed by atoms with Gasteiger partial charge in [0.2, 0.25) is 0 Å². The SMILES string of the molecule is CC(C)c1cc(O)cc(C2(C(=O)O)CCC2)c1. The van der Waals surface area contributed by atoms with Gasteiger partial charge in [-0.1, -0.05) is 26.3 Å². The van der Waals surface area contributed by atoms with Gasteiger partial charge in [0.15, 0.2) is 0 Å². The van der Waals surface area contributed by atoms with Crippen LogP contribution in [0.4, 0.5) is 0 Å². The molecule has 0 unspecified atom stereocenters. The van der Waals surface area contributed by atoms with E-state index in [-0.39, 0.29) is 11.7 Å². The highest BCUT2D eigenvalue weighted by molar-refractivity contribution is 5.82. The predicted octanol–water partition coefficient (Wildman–Crippen LogP) is 3.02. The summed E-state index contributed by atoms with van der Waals surface area (Å²) in [5.74, 6) is -0.324. The van der Waals surface area contributed by atoms with Crippen LogP contribution in [0.25, 0.3) is 0 Å². The summed E-state index contributed by atoms with van der Waals surface area (Å²) in [6.07, 6.45) is 2.28. The number of aliphatic carboxylic acids is 1. The number of rotatable bonds is 3. The minimum atomic E-state index is -0.774. The minimum absolute atomic E-state index is 0.165. The Morgan fingerprint density at radius 3 is 2.35 bits per heavy atom. The van der Waals surface area contributed by atoms with Crippen molar-refractivity contribution >= 4 is 5.97 Å². The van der Waals surface area contributed by atoms with Crippen LogP contribution in [-0.4, -0.2) is 16.2 Å². The van der Waals surface area contributed by atoms with E-state index in [1.54, 1.807) is 12.1 Å². The van der Waals surface area contributed by atoms with Crippen molar-refractivity contribution in [1.29, 1.82) is 0 Å². The van der Waals surface area contributed by atoms with E-state index >= 15 is 0 Å². The molecule has 1 fully saturated rings. The molecule has 2 rings (SSSR count). The lowest BCUT2D eigenvalue weighted by atomic mass is 9.64. The second kappa shape index (κ2) is 4.06. The molecule has 0 radical (unpaired) electrons. The number of benzene rings is 1. The maximum atomic E-state index is 11.4. The fourth-order valence-electron chi connectivity index (χ4n) is 2.40. The number of phenolic OH excluding ortho intramolecular Hbond substituents is 1. The first kappa shape index (κ1) is 12.0. The molecule has 92 valence electrons. The zero-order valence-corrected chi connectivity index (χ0v) is 10.2. The van der Waals surface area contributed by atoms with Crippen molar-refractivity contribution in [2.75, 3.05) is 0 Å². The topological polar surface area (TPSA) is 57.5 Å². The lowest BCUT2D eigenvalue weighted by Gasteiger charge is -2.38. The Labute approximate surface area is 101 Å². The monoisotopic (exact) mass is 234 g/mol. The van der Waals surface area contributed by atoms with Crippen LogP contribution in [0.1, 0.15) is 50.2 Å². The highest BCUT2D eigenvalue weighted by Gasteiger charge is 2.46. The number of carbonyl (C=O) groups is 1. The fourth-order valence-corrected chi connectivity index (χ4v) is 2.40. The predicted molar refractivity (Wildman–Crippen MR) is 65.4 cm³/mol. The highest BCUT2D eigenvalue weighted by atomic mass is 16.4. The van der Waals surface area contributed by atoms with Crippen LogP contribution < -0.4 is 0 Å². The summed E-state index contributed by atoms with van der Waals surface area (Å²) in [7, 11) is 0. The zero-order valence-electron chi connectivity index (χ0n) is 10.2. The quantitative estimate of drug-likeness (QED) is 0.845. The average molecular weight is 234 g/mol. The maximum absolute atomic E-state index is 11.4. The summed E-state index contributed by atoms with van der Waals surface area (Å²) in [5, 5.41) is 19.1. The molecule has 0 aliphatic heterocycles. The molecular weight excluding hydrogens is 216 g/mol. The molecule has 0 atom stereocenters. The Morgan fingerprint density at radius 2 is 1.94 bits per heavy atom. The van der Waals surface area contributed by atoms with Gasteiger partial charge in [-0.15, -0.1) is 0 Å². The van der Waals surface area contributed by atoms with Crippen LogP contribution in [-0.2, 0) is 10.2 Å². The summed E-state index contributed by atoms with van der Waals surface area (Å²) in [5.41, 5.74) is 0.982. The van der Waals surface area contributed by atoms with E-state index in [2.05, 4.69) is 0 Å². The van der Waals surface area contributed by atoms with Gasteiger partial charge < -0.3 is 10.2 Å². The van der Waals surface area contributed by atoms with Crippen molar-refractivity contribution < 1.29 is 15.0 Å². The van der Waals surface area contributed by atoms with Crippen LogP contribution in [0.15, 0.2) is 18.2 Å². The molecule has 3 heteroatoms. The summed E-state index contributed by atoms with van der Waals surface area (Å²) >= 11 is 0. The molecule has 0 bridgehead atoms. The fraction of sp³-hybridized carbons (Fsp3) is 0.500. The van der Waals surface area contributed by atoms with Gasteiger partial charge in [-0.05, 0) is 42.0 Å². The van der Waals surface area contributed by atoms with E-state index in [0.29, 0.717) is 12.8 Å². The number of phenols is 1. The third-order valence-corrected chi connectivity index (χ3v) is 3.78. The van der Waals surface area contributed by atoms with E-state index in [9.17, 15) is 15.0 Å². The van der Waals surface area contributed by atoms with Gasteiger partial charge >= 0.3 is 5.97 Å².